The Kier molecular flexibility index (Phi) is 3.66. The molecule has 0 saturated carbocycles. The highest BCUT2D eigenvalue weighted by Crippen LogP contribution is 2.26. The first-order valence-corrected chi connectivity index (χ1v) is 7.65. The molecule has 3 aromatic heterocycles. The van der Waals surface area contributed by atoms with Crippen LogP contribution in [0.3, 0.4) is 0 Å². The fourth-order valence-corrected chi connectivity index (χ4v) is 3.40. The Morgan fingerprint density at radius 1 is 1.40 bits per heavy atom. The van der Waals surface area contributed by atoms with Gasteiger partial charge in [-0.1, -0.05) is 11.8 Å². The molecule has 3 heterocycles. The van der Waals surface area contributed by atoms with Crippen molar-refractivity contribution in [3.05, 3.63) is 41.4 Å². The number of nitrogens with zero attached hydrogens (tertiary/aromatic N) is 4. The highest BCUT2D eigenvalue weighted by molar-refractivity contribution is 8.00. The molecular formula is C12H10N4O2S2. The Labute approximate surface area is 122 Å². The van der Waals surface area contributed by atoms with Crippen molar-refractivity contribution in [2.75, 3.05) is 0 Å². The number of imidazole rings is 1. The predicted molar refractivity (Wildman–Crippen MR) is 76.0 cm³/mol. The van der Waals surface area contributed by atoms with Crippen LogP contribution >= 0.6 is 23.1 Å². The van der Waals surface area contributed by atoms with E-state index in [0.717, 1.165) is 10.0 Å². The zero-order valence-electron chi connectivity index (χ0n) is 10.3. The van der Waals surface area contributed by atoms with Gasteiger partial charge in [-0.05, 0) is 6.07 Å². The van der Waals surface area contributed by atoms with Gasteiger partial charge in [-0.15, -0.1) is 11.3 Å². The Bertz CT molecular complexity index is 720. The van der Waals surface area contributed by atoms with Gasteiger partial charge in [0.25, 0.3) is 0 Å². The minimum atomic E-state index is -0.863. The fraction of sp³-hybridized carbons (Fsp3) is 0.167. The molecule has 0 amide bonds. The van der Waals surface area contributed by atoms with E-state index in [-0.39, 0.29) is 6.42 Å². The molecule has 3 rings (SSSR count). The molecule has 0 aliphatic rings. The van der Waals surface area contributed by atoms with Crippen molar-refractivity contribution in [2.24, 2.45) is 0 Å². The lowest BCUT2D eigenvalue weighted by atomic mass is 10.3. The third-order valence-electron chi connectivity index (χ3n) is 2.49. The molecule has 0 aliphatic heterocycles. The Morgan fingerprint density at radius 2 is 2.30 bits per heavy atom. The molecule has 102 valence electrons. The lowest BCUT2D eigenvalue weighted by Gasteiger charge is -1.92. The van der Waals surface area contributed by atoms with Gasteiger partial charge < -0.3 is 5.11 Å². The van der Waals surface area contributed by atoms with Crippen LogP contribution in [0.25, 0.3) is 5.78 Å². The summed E-state index contributed by atoms with van der Waals surface area (Å²) in [7, 11) is 0. The van der Waals surface area contributed by atoms with E-state index >= 15 is 0 Å². The van der Waals surface area contributed by atoms with Crippen molar-refractivity contribution < 1.29 is 9.90 Å². The number of aliphatic carboxylic acids is 1. The number of thioether (sulfide) groups is 1. The molecule has 3 aromatic rings. The second-order valence-electron chi connectivity index (χ2n) is 4.02. The van der Waals surface area contributed by atoms with E-state index in [0.29, 0.717) is 17.2 Å². The number of rotatable bonds is 5. The fourth-order valence-electron chi connectivity index (χ4n) is 1.68. The molecule has 0 atom stereocenters. The molecule has 0 aromatic carbocycles. The van der Waals surface area contributed by atoms with E-state index in [1.807, 2.05) is 22.9 Å². The topological polar surface area (TPSA) is 80.4 Å². The SMILES string of the molecule is O=C(O)Cc1csc(SCc2cn3cccnc3n2)n1. The van der Waals surface area contributed by atoms with E-state index in [1.54, 1.807) is 23.3 Å². The summed E-state index contributed by atoms with van der Waals surface area (Å²) < 4.78 is 2.72. The summed E-state index contributed by atoms with van der Waals surface area (Å²) in [6.07, 6.45) is 5.51. The summed E-state index contributed by atoms with van der Waals surface area (Å²) in [4.78, 5) is 23.4. The van der Waals surface area contributed by atoms with Crippen molar-refractivity contribution >= 4 is 34.8 Å². The molecule has 0 fully saturated rings. The average Bonchev–Trinajstić information content (AvgIpc) is 3.01. The van der Waals surface area contributed by atoms with Crippen molar-refractivity contribution in [3.8, 4) is 0 Å². The van der Waals surface area contributed by atoms with Crippen LogP contribution in [0.4, 0.5) is 0 Å². The largest absolute Gasteiger partial charge is 0.481 e. The van der Waals surface area contributed by atoms with E-state index in [1.165, 1.54) is 11.3 Å². The predicted octanol–water partition coefficient (Wildman–Crippen LogP) is 2.11. The quantitative estimate of drug-likeness (QED) is 0.727. The molecule has 0 spiro atoms. The number of carbonyl (C=O) groups is 1. The molecule has 0 unspecified atom stereocenters. The van der Waals surface area contributed by atoms with E-state index in [2.05, 4.69) is 15.0 Å². The number of thiazole rings is 1. The van der Waals surface area contributed by atoms with Gasteiger partial charge in [0.05, 0.1) is 17.8 Å². The zero-order chi connectivity index (χ0) is 13.9. The molecule has 0 saturated heterocycles. The number of hydrogen-bond acceptors (Lipinski definition) is 6. The molecule has 0 aliphatic carbocycles. The van der Waals surface area contributed by atoms with Gasteiger partial charge in [0, 0.05) is 29.7 Å². The van der Waals surface area contributed by atoms with Crippen LogP contribution in [0.1, 0.15) is 11.4 Å². The molecule has 20 heavy (non-hydrogen) atoms. The molecule has 6 nitrogen and oxygen atoms in total. The second kappa shape index (κ2) is 5.59. The van der Waals surface area contributed by atoms with Crippen LogP contribution < -0.4 is 0 Å². The highest BCUT2D eigenvalue weighted by atomic mass is 32.2. The first-order valence-electron chi connectivity index (χ1n) is 5.78. The summed E-state index contributed by atoms with van der Waals surface area (Å²) in [5.74, 6) is 0.496. The smallest absolute Gasteiger partial charge is 0.309 e. The lowest BCUT2D eigenvalue weighted by molar-refractivity contribution is -0.136. The molecule has 1 N–H and O–H groups in total. The summed E-state index contributed by atoms with van der Waals surface area (Å²) in [5, 5.41) is 10.5. The van der Waals surface area contributed by atoms with E-state index in [9.17, 15) is 4.79 Å². The standard InChI is InChI=1S/C12H10N4O2S2/c17-10(18)4-8-6-19-12(15-8)20-7-9-5-16-3-1-2-13-11(16)14-9/h1-3,5-6H,4,7H2,(H,17,18). The second-order valence-corrected chi connectivity index (χ2v) is 6.10. The Morgan fingerprint density at radius 3 is 3.10 bits per heavy atom. The van der Waals surface area contributed by atoms with Crippen LogP contribution in [0.5, 0.6) is 0 Å². The summed E-state index contributed by atoms with van der Waals surface area (Å²) >= 11 is 3.00. The third kappa shape index (κ3) is 2.97. The maximum absolute atomic E-state index is 10.6. The van der Waals surface area contributed by atoms with Gasteiger partial charge in [0.15, 0.2) is 4.34 Å². The average molecular weight is 306 g/mol. The summed E-state index contributed by atoms with van der Waals surface area (Å²) in [5.41, 5.74) is 1.52. The number of carboxylic acids is 1. The number of carboxylic acid groups (broad SMARTS) is 1. The maximum Gasteiger partial charge on any atom is 0.309 e. The number of hydrogen-bond donors (Lipinski definition) is 1. The van der Waals surface area contributed by atoms with Crippen molar-refractivity contribution in [3.63, 3.8) is 0 Å². The first kappa shape index (κ1) is 13.1. The van der Waals surface area contributed by atoms with Crippen molar-refractivity contribution in [2.45, 2.75) is 16.5 Å². The summed E-state index contributed by atoms with van der Waals surface area (Å²) in [6, 6.07) is 1.85. The van der Waals surface area contributed by atoms with Gasteiger partial charge in [0.2, 0.25) is 5.78 Å². The molecule has 8 heteroatoms. The van der Waals surface area contributed by atoms with Gasteiger partial charge in [-0.25, -0.2) is 15.0 Å². The molecule has 0 bridgehead atoms. The number of fused-ring (bicyclic) bond motifs is 1. The molecular weight excluding hydrogens is 296 g/mol. The van der Waals surface area contributed by atoms with Crippen molar-refractivity contribution in [1.29, 1.82) is 0 Å². The van der Waals surface area contributed by atoms with Crippen LogP contribution in [0, 0.1) is 0 Å². The lowest BCUT2D eigenvalue weighted by Crippen LogP contribution is -1.99. The van der Waals surface area contributed by atoms with Crippen LogP contribution in [0.2, 0.25) is 0 Å². The van der Waals surface area contributed by atoms with E-state index in [4.69, 9.17) is 5.11 Å². The Hall–Kier alpha value is -1.93. The molecule has 0 radical (unpaired) electrons. The van der Waals surface area contributed by atoms with Crippen LogP contribution in [-0.2, 0) is 17.0 Å². The minimum absolute atomic E-state index is 0.0324. The van der Waals surface area contributed by atoms with E-state index < -0.39 is 5.97 Å². The minimum Gasteiger partial charge on any atom is -0.481 e. The highest BCUT2D eigenvalue weighted by Gasteiger charge is 2.08. The van der Waals surface area contributed by atoms with Crippen LogP contribution in [0.15, 0.2) is 34.4 Å². The normalized spacial score (nSPS) is 11.0. The van der Waals surface area contributed by atoms with Gasteiger partial charge in [-0.3, -0.25) is 9.20 Å². The maximum atomic E-state index is 10.6. The van der Waals surface area contributed by atoms with Crippen molar-refractivity contribution in [1.82, 2.24) is 19.4 Å². The zero-order valence-corrected chi connectivity index (χ0v) is 11.9. The number of aromatic nitrogens is 4. The van der Waals surface area contributed by atoms with Crippen LogP contribution in [-0.4, -0.2) is 30.4 Å². The van der Waals surface area contributed by atoms with Gasteiger partial charge >= 0.3 is 5.97 Å². The van der Waals surface area contributed by atoms with Gasteiger partial charge in [-0.2, -0.15) is 0 Å². The Balaban J connectivity index is 1.66. The van der Waals surface area contributed by atoms with Gasteiger partial charge in [0.1, 0.15) is 0 Å². The first-order chi connectivity index (χ1) is 9.70. The third-order valence-corrected chi connectivity index (χ3v) is 4.60. The summed E-state index contributed by atoms with van der Waals surface area (Å²) in [6.45, 7) is 0. The monoisotopic (exact) mass is 306 g/mol.